The Labute approximate surface area is 226 Å². The number of fused-ring (bicyclic) bond motifs is 1. The minimum Gasteiger partial charge on any atom is -0.378 e. The zero-order valence-corrected chi connectivity index (χ0v) is 21.6. The van der Waals surface area contributed by atoms with E-state index in [1.165, 1.54) is 0 Å². The lowest BCUT2D eigenvalue weighted by molar-refractivity contribution is -0.116. The van der Waals surface area contributed by atoms with Crippen LogP contribution in [-0.4, -0.2) is 57.1 Å². The first-order valence-corrected chi connectivity index (χ1v) is 13.3. The summed E-state index contributed by atoms with van der Waals surface area (Å²) in [6.45, 7) is 2.77. The quantitative estimate of drug-likeness (QED) is 0.371. The van der Waals surface area contributed by atoms with E-state index < -0.39 is 0 Å². The summed E-state index contributed by atoms with van der Waals surface area (Å²) in [5, 5.41) is 3.04. The van der Waals surface area contributed by atoms with E-state index >= 15 is 0 Å². The molecule has 1 saturated heterocycles. The maximum absolute atomic E-state index is 12.9. The summed E-state index contributed by atoms with van der Waals surface area (Å²) in [6, 6.07) is 11.8. The summed E-state index contributed by atoms with van der Waals surface area (Å²) in [7, 11) is 0. The molecule has 1 fully saturated rings. The maximum atomic E-state index is 12.9. The average molecular weight is 523 g/mol. The third kappa shape index (κ3) is 5.56. The van der Waals surface area contributed by atoms with Crippen LogP contribution < -0.4 is 16.0 Å². The molecular formula is C29H30N8O2. The van der Waals surface area contributed by atoms with Gasteiger partial charge in [0.1, 0.15) is 0 Å². The first-order chi connectivity index (χ1) is 19.1. The van der Waals surface area contributed by atoms with Gasteiger partial charge < -0.3 is 20.7 Å². The number of morpholine rings is 1. The Bertz CT molecular complexity index is 1440. The Balaban J connectivity index is 1.17. The van der Waals surface area contributed by atoms with Crippen LogP contribution in [0.2, 0.25) is 0 Å². The van der Waals surface area contributed by atoms with Crippen LogP contribution in [0, 0.1) is 0 Å². The number of rotatable bonds is 7. The van der Waals surface area contributed by atoms with Crippen molar-refractivity contribution in [3.8, 4) is 22.4 Å². The molecule has 198 valence electrons. The van der Waals surface area contributed by atoms with Gasteiger partial charge in [0.2, 0.25) is 17.8 Å². The Hall–Kier alpha value is -4.44. The highest BCUT2D eigenvalue weighted by atomic mass is 16.5. The lowest BCUT2D eigenvalue weighted by Gasteiger charge is -2.28. The second kappa shape index (κ2) is 11.1. The van der Waals surface area contributed by atoms with Gasteiger partial charge in [0.05, 0.1) is 24.6 Å². The van der Waals surface area contributed by atoms with Gasteiger partial charge in [-0.3, -0.25) is 9.78 Å². The molecule has 1 aromatic carbocycles. The van der Waals surface area contributed by atoms with Gasteiger partial charge in [0, 0.05) is 67.0 Å². The number of nitrogens with one attached hydrogen (secondary N) is 1. The van der Waals surface area contributed by atoms with Crippen molar-refractivity contribution in [2.45, 2.75) is 31.6 Å². The molecule has 3 N–H and O–H groups in total. The highest BCUT2D eigenvalue weighted by Crippen LogP contribution is 2.40. The second-order valence-corrected chi connectivity index (χ2v) is 9.80. The predicted molar refractivity (Wildman–Crippen MR) is 149 cm³/mol. The lowest BCUT2D eigenvalue weighted by Crippen LogP contribution is -2.37. The van der Waals surface area contributed by atoms with Crippen LogP contribution in [-0.2, 0) is 16.0 Å². The Kier molecular flexibility index (Phi) is 7.09. The summed E-state index contributed by atoms with van der Waals surface area (Å²) in [5.74, 6) is 1.09. The minimum absolute atomic E-state index is 0.00488. The summed E-state index contributed by atoms with van der Waals surface area (Å²) >= 11 is 0. The summed E-state index contributed by atoms with van der Waals surface area (Å²) in [4.78, 5) is 37.4. The molecule has 6 rings (SSSR count). The first kappa shape index (κ1) is 24.9. The van der Waals surface area contributed by atoms with E-state index in [1.807, 2.05) is 36.4 Å². The molecule has 4 heterocycles. The maximum Gasteiger partial charge on any atom is 0.226 e. The SMILES string of the molecule is Nc1ncc(-c2nc(N3CCOCC3)nc3c2CCC3CCC(=O)Nc2ccc(-c3ccncc3)cc2)cn1. The highest BCUT2D eigenvalue weighted by Gasteiger charge is 2.30. The van der Waals surface area contributed by atoms with Gasteiger partial charge in [-0.05, 0) is 54.7 Å². The fraction of sp³-hybridized carbons (Fsp3) is 0.310. The molecule has 0 radical (unpaired) electrons. The Morgan fingerprint density at radius 1 is 0.974 bits per heavy atom. The first-order valence-electron chi connectivity index (χ1n) is 13.3. The van der Waals surface area contributed by atoms with E-state index in [1.54, 1.807) is 24.8 Å². The minimum atomic E-state index is -0.00488. The number of nitrogens with zero attached hydrogens (tertiary/aromatic N) is 6. The van der Waals surface area contributed by atoms with Gasteiger partial charge in [-0.15, -0.1) is 0 Å². The molecule has 1 aliphatic carbocycles. The normalized spacial score (nSPS) is 16.6. The number of nitrogen functional groups attached to an aromatic ring is 1. The van der Waals surface area contributed by atoms with Crippen molar-refractivity contribution in [3.05, 3.63) is 72.4 Å². The van der Waals surface area contributed by atoms with Crippen molar-refractivity contribution in [3.63, 3.8) is 0 Å². The van der Waals surface area contributed by atoms with Crippen molar-refractivity contribution in [1.29, 1.82) is 0 Å². The number of anilines is 3. The van der Waals surface area contributed by atoms with E-state index in [-0.39, 0.29) is 17.8 Å². The summed E-state index contributed by atoms with van der Waals surface area (Å²) < 4.78 is 5.53. The van der Waals surface area contributed by atoms with Crippen LogP contribution in [0.1, 0.15) is 36.4 Å². The van der Waals surface area contributed by atoms with Gasteiger partial charge >= 0.3 is 0 Å². The molecule has 1 aliphatic heterocycles. The van der Waals surface area contributed by atoms with Crippen LogP contribution >= 0.6 is 0 Å². The Morgan fingerprint density at radius 2 is 1.69 bits per heavy atom. The smallest absolute Gasteiger partial charge is 0.226 e. The number of ether oxygens (including phenoxy) is 1. The van der Waals surface area contributed by atoms with E-state index in [4.69, 9.17) is 20.4 Å². The van der Waals surface area contributed by atoms with E-state index in [2.05, 4.69) is 25.2 Å². The van der Waals surface area contributed by atoms with Gasteiger partial charge in [-0.25, -0.2) is 19.9 Å². The molecule has 0 spiro atoms. The molecular weight excluding hydrogens is 492 g/mol. The molecule has 1 atom stereocenters. The predicted octanol–water partition coefficient (Wildman–Crippen LogP) is 3.86. The van der Waals surface area contributed by atoms with E-state index in [0.717, 1.165) is 65.3 Å². The molecule has 2 aliphatic rings. The molecule has 10 heteroatoms. The van der Waals surface area contributed by atoms with Crippen LogP contribution in [0.25, 0.3) is 22.4 Å². The zero-order chi connectivity index (χ0) is 26.6. The van der Waals surface area contributed by atoms with Gasteiger partial charge in [-0.2, -0.15) is 0 Å². The number of pyridine rings is 1. The third-order valence-corrected chi connectivity index (χ3v) is 7.30. The van der Waals surface area contributed by atoms with Crippen LogP contribution in [0.3, 0.4) is 0 Å². The number of carbonyl (C=O) groups is 1. The standard InChI is InChI=1S/C29H30N8O2/c30-28-32-17-22(18-33-28)27-24-7-3-21(26(24)35-29(36-27)37-13-15-39-16-14-37)4-8-25(38)34-23-5-1-19(2-6-23)20-9-11-31-12-10-20/h1-2,5-6,9-12,17-18,21H,3-4,7-8,13-16H2,(H,34,38)(H2,30,32,33). The van der Waals surface area contributed by atoms with Gasteiger partial charge in [0.15, 0.2) is 0 Å². The molecule has 1 unspecified atom stereocenters. The molecule has 3 aromatic heterocycles. The third-order valence-electron chi connectivity index (χ3n) is 7.30. The van der Waals surface area contributed by atoms with Crippen molar-refractivity contribution in [2.75, 3.05) is 42.3 Å². The number of carbonyl (C=O) groups excluding carboxylic acids is 1. The molecule has 10 nitrogen and oxygen atoms in total. The summed E-state index contributed by atoms with van der Waals surface area (Å²) in [6.07, 6.45) is 9.87. The van der Waals surface area contributed by atoms with Crippen molar-refractivity contribution in [1.82, 2.24) is 24.9 Å². The molecule has 1 amide bonds. The fourth-order valence-corrected chi connectivity index (χ4v) is 5.23. The number of nitrogens with two attached hydrogens (primary N) is 1. The Morgan fingerprint density at radius 3 is 2.44 bits per heavy atom. The van der Waals surface area contributed by atoms with Crippen LogP contribution in [0.4, 0.5) is 17.6 Å². The number of hydrogen-bond acceptors (Lipinski definition) is 9. The fourth-order valence-electron chi connectivity index (χ4n) is 5.23. The number of benzene rings is 1. The molecule has 0 saturated carbocycles. The molecule has 0 bridgehead atoms. The van der Waals surface area contributed by atoms with E-state index in [9.17, 15) is 4.79 Å². The zero-order valence-electron chi connectivity index (χ0n) is 21.6. The average Bonchev–Trinajstić information content (AvgIpc) is 3.40. The summed E-state index contributed by atoms with van der Waals surface area (Å²) in [5.41, 5.74) is 12.5. The van der Waals surface area contributed by atoms with Crippen LogP contribution in [0.15, 0.2) is 61.2 Å². The number of hydrogen-bond donors (Lipinski definition) is 2. The second-order valence-electron chi connectivity index (χ2n) is 9.80. The lowest BCUT2D eigenvalue weighted by atomic mass is 9.99. The van der Waals surface area contributed by atoms with E-state index in [0.29, 0.717) is 32.0 Å². The largest absolute Gasteiger partial charge is 0.378 e. The van der Waals surface area contributed by atoms with Crippen LogP contribution in [0.5, 0.6) is 0 Å². The number of aromatic nitrogens is 5. The highest BCUT2D eigenvalue weighted by molar-refractivity contribution is 5.91. The monoisotopic (exact) mass is 522 g/mol. The van der Waals surface area contributed by atoms with Crippen molar-refractivity contribution in [2.24, 2.45) is 0 Å². The topological polar surface area (TPSA) is 132 Å². The number of amides is 1. The molecule has 39 heavy (non-hydrogen) atoms. The van der Waals surface area contributed by atoms with Gasteiger partial charge in [-0.1, -0.05) is 12.1 Å². The van der Waals surface area contributed by atoms with Crippen molar-refractivity contribution >= 4 is 23.5 Å². The molecule has 4 aromatic rings. The van der Waals surface area contributed by atoms with Crippen molar-refractivity contribution < 1.29 is 9.53 Å². The van der Waals surface area contributed by atoms with Gasteiger partial charge in [0.25, 0.3) is 0 Å².